The zero-order valence-corrected chi connectivity index (χ0v) is 8.99. The van der Waals surface area contributed by atoms with E-state index in [4.69, 9.17) is 10.2 Å². The van der Waals surface area contributed by atoms with Gasteiger partial charge in [-0.3, -0.25) is 4.79 Å². The molecule has 0 saturated carbocycles. The molecule has 0 saturated heterocycles. The first-order valence-electron chi connectivity index (χ1n) is 4.53. The molecule has 0 spiro atoms. The van der Waals surface area contributed by atoms with E-state index in [0.717, 1.165) is 24.2 Å². The molecule has 0 aromatic rings. The minimum Gasteiger partial charge on any atom is -0.481 e. The molecule has 0 aliphatic carbocycles. The average molecular weight is 205 g/mol. The number of unbranched alkanes of at least 4 members (excludes halogenated alkanes) is 2. The van der Waals surface area contributed by atoms with E-state index >= 15 is 0 Å². The molecule has 0 fully saturated rings. The lowest BCUT2D eigenvalue weighted by Gasteiger charge is -1.99. The summed E-state index contributed by atoms with van der Waals surface area (Å²) in [5.41, 5.74) is 0. The maximum Gasteiger partial charge on any atom is 0.406 e. The Balaban J connectivity index is 0. The van der Waals surface area contributed by atoms with Crippen LogP contribution in [0.2, 0.25) is 0 Å². The molecule has 5 heteroatoms. The molecule has 0 aliphatic rings. The van der Waals surface area contributed by atoms with Crippen molar-refractivity contribution >= 4 is 12.1 Å². The van der Waals surface area contributed by atoms with Gasteiger partial charge >= 0.3 is 12.1 Å². The summed E-state index contributed by atoms with van der Waals surface area (Å²) in [6, 6.07) is 0. The highest BCUT2D eigenvalue weighted by Gasteiger charge is 1.93. The number of rotatable bonds is 4. The third kappa shape index (κ3) is 17.0. The number of nitrogens with zero attached hydrogens (tertiary/aromatic N) is 1. The lowest BCUT2D eigenvalue weighted by Crippen LogP contribution is -2.18. The van der Waals surface area contributed by atoms with Gasteiger partial charge in [0.25, 0.3) is 0 Å². The molecule has 5 nitrogen and oxygen atoms in total. The van der Waals surface area contributed by atoms with E-state index in [9.17, 15) is 9.59 Å². The number of aliphatic carboxylic acids is 1. The van der Waals surface area contributed by atoms with Crippen molar-refractivity contribution in [3.05, 3.63) is 0 Å². The van der Waals surface area contributed by atoms with E-state index in [1.807, 2.05) is 0 Å². The highest BCUT2D eigenvalue weighted by molar-refractivity contribution is 5.66. The maximum atomic E-state index is 9.87. The first-order valence-corrected chi connectivity index (χ1v) is 4.53. The Kier molecular flexibility index (Phi) is 10.7. The lowest BCUT2D eigenvalue weighted by atomic mass is 10.2. The second kappa shape index (κ2) is 9.83. The van der Waals surface area contributed by atoms with Crippen molar-refractivity contribution in [1.29, 1.82) is 0 Å². The number of hydrogen-bond acceptors (Lipinski definition) is 2. The molecule has 0 radical (unpaired) electrons. The average Bonchev–Trinajstić information content (AvgIpc) is 2.05. The highest BCUT2D eigenvalue weighted by Crippen LogP contribution is 1.97. The van der Waals surface area contributed by atoms with Gasteiger partial charge in [0, 0.05) is 20.5 Å². The van der Waals surface area contributed by atoms with Crippen LogP contribution in [0.15, 0.2) is 0 Å². The minimum atomic E-state index is -0.907. The van der Waals surface area contributed by atoms with Crippen LogP contribution < -0.4 is 0 Å². The molecule has 0 aliphatic heterocycles. The van der Waals surface area contributed by atoms with Crippen molar-refractivity contribution in [2.45, 2.75) is 32.6 Å². The van der Waals surface area contributed by atoms with Crippen LogP contribution in [-0.2, 0) is 4.79 Å². The zero-order chi connectivity index (χ0) is 11.6. The van der Waals surface area contributed by atoms with E-state index in [1.54, 1.807) is 0 Å². The summed E-state index contributed by atoms with van der Waals surface area (Å²) in [5.74, 6) is -0.682. The Hall–Kier alpha value is -1.26. The van der Waals surface area contributed by atoms with E-state index in [0.29, 0.717) is 6.42 Å². The summed E-state index contributed by atoms with van der Waals surface area (Å²) < 4.78 is 0. The lowest BCUT2D eigenvalue weighted by molar-refractivity contribution is -0.137. The second-order valence-corrected chi connectivity index (χ2v) is 3.03. The molecule has 0 aromatic carbocycles. The fourth-order valence-corrected chi connectivity index (χ4v) is 0.526. The number of carboxylic acids is 1. The van der Waals surface area contributed by atoms with Crippen LogP contribution in [0.5, 0.6) is 0 Å². The third-order valence-electron chi connectivity index (χ3n) is 1.38. The Morgan fingerprint density at radius 3 is 1.79 bits per heavy atom. The molecule has 0 atom stereocenters. The monoisotopic (exact) mass is 205 g/mol. The van der Waals surface area contributed by atoms with Crippen molar-refractivity contribution in [2.75, 3.05) is 14.1 Å². The maximum absolute atomic E-state index is 9.87. The Morgan fingerprint density at radius 2 is 1.57 bits per heavy atom. The topological polar surface area (TPSA) is 77.8 Å². The SMILES string of the molecule is CCCCCC(=O)O.CN(C)C(=O)O. The summed E-state index contributed by atoms with van der Waals surface area (Å²) in [6.45, 7) is 2.06. The van der Waals surface area contributed by atoms with Crippen LogP contribution in [0.1, 0.15) is 32.6 Å². The van der Waals surface area contributed by atoms with Crippen LogP contribution in [0.3, 0.4) is 0 Å². The molecular weight excluding hydrogens is 186 g/mol. The van der Waals surface area contributed by atoms with Gasteiger partial charge in [0.1, 0.15) is 0 Å². The van der Waals surface area contributed by atoms with Gasteiger partial charge in [0.2, 0.25) is 0 Å². The van der Waals surface area contributed by atoms with Crippen LogP contribution in [-0.4, -0.2) is 41.3 Å². The Bertz CT molecular complexity index is 168. The summed E-state index contributed by atoms with van der Waals surface area (Å²) in [5, 5.41) is 16.1. The molecule has 2 N–H and O–H groups in total. The predicted octanol–water partition coefficient (Wildman–Crippen LogP) is 1.88. The van der Waals surface area contributed by atoms with Crippen LogP contribution in [0.25, 0.3) is 0 Å². The summed E-state index contributed by atoms with van der Waals surface area (Å²) in [6.07, 6.45) is 2.37. The molecule has 1 amide bonds. The zero-order valence-electron chi connectivity index (χ0n) is 8.99. The molecule has 0 aromatic heterocycles. The first-order chi connectivity index (χ1) is 6.41. The summed E-state index contributed by atoms with van der Waals surface area (Å²) in [7, 11) is 2.95. The molecule has 84 valence electrons. The highest BCUT2D eigenvalue weighted by atomic mass is 16.4. The van der Waals surface area contributed by atoms with E-state index < -0.39 is 12.1 Å². The van der Waals surface area contributed by atoms with Crippen molar-refractivity contribution in [3.8, 4) is 0 Å². The quantitative estimate of drug-likeness (QED) is 0.687. The second-order valence-electron chi connectivity index (χ2n) is 3.03. The van der Waals surface area contributed by atoms with E-state index in [2.05, 4.69) is 6.92 Å². The number of carbonyl (C=O) groups is 2. The smallest absolute Gasteiger partial charge is 0.406 e. The normalized spacial score (nSPS) is 8.50. The Morgan fingerprint density at radius 1 is 1.14 bits per heavy atom. The van der Waals surface area contributed by atoms with Crippen LogP contribution >= 0.6 is 0 Å². The van der Waals surface area contributed by atoms with Gasteiger partial charge in [-0.2, -0.15) is 0 Å². The summed E-state index contributed by atoms with van der Waals surface area (Å²) >= 11 is 0. The molecule has 0 bridgehead atoms. The van der Waals surface area contributed by atoms with Crippen LogP contribution in [0.4, 0.5) is 4.79 Å². The van der Waals surface area contributed by atoms with Crippen LogP contribution in [0, 0.1) is 0 Å². The van der Waals surface area contributed by atoms with Gasteiger partial charge in [0.05, 0.1) is 0 Å². The molecule has 0 heterocycles. The number of hydrogen-bond donors (Lipinski definition) is 2. The van der Waals surface area contributed by atoms with E-state index in [1.165, 1.54) is 14.1 Å². The van der Waals surface area contributed by atoms with Gasteiger partial charge in [-0.1, -0.05) is 19.8 Å². The minimum absolute atomic E-state index is 0.327. The third-order valence-corrected chi connectivity index (χ3v) is 1.38. The van der Waals surface area contributed by atoms with Gasteiger partial charge in [-0.05, 0) is 6.42 Å². The number of amides is 1. The predicted molar refractivity (Wildman–Crippen MR) is 53.5 cm³/mol. The van der Waals surface area contributed by atoms with Crippen molar-refractivity contribution in [3.63, 3.8) is 0 Å². The van der Waals surface area contributed by atoms with Crippen molar-refractivity contribution in [1.82, 2.24) is 4.90 Å². The fourth-order valence-electron chi connectivity index (χ4n) is 0.526. The van der Waals surface area contributed by atoms with Gasteiger partial charge in [-0.25, -0.2) is 4.79 Å². The largest absolute Gasteiger partial charge is 0.481 e. The molecule has 0 unspecified atom stereocenters. The summed E-state index contributed by atoms with van der Waals surface area (Å²) in [4.78, 5) is 20.6. The first kappa shape index (κ1) is 15.2. The van der Waals surface area contributed by atoms with Gasteiger partial charge < -0.3 is 15.1 Å². The molecule has 0 rings (SSSR count). The molecule has 14 heavy (non-hydrogen) atoms. The molecular formula is C9H19NO4. The van der Waals surface area contributed by atoms with Crippen molar-refractivity contribution in [2.24, 2.45) is 0 Å². The van der Waals surface area contributed by atoms with Gasteiger partial charge in [-0.15, -0.1) is 0 Å². The van der Waals surface area contributed by atoms with E-state index in [-0.39, 0.29) is 0 Å². The van der Waals surface area contributed by atoms with Crippen molar-refractivity contribution < 1.29 is 19.8 Å². The fraction of sp³-hybridized carbons (Fsp3) is 0.778. The van der Waals surface area contributed by atoms with Gasteiger partial charge in [0.15, 0.2) is 0 Å². The Labute approximate surface area is 84.3 Å². The number of carboxylic acid groups (broad SMARTS) is 2. The standard InChI is InChI=1S/C6H12O2.C3H7NO2/c1-2-3-4-5-6(7)8;1-4(2)3(5)6/h2-5H2,1H3,(H,7,8);1-2H3,(H,5,6).